The minimum Gasteiger partial charge on any atom is -0.496 e. The molecule has 0 atom stereocenters. The number of nitro benzene ring substituents is 1. The average molecular weight is 371 g/mol. The summed E-state index contributed by atoms with van der Waals surface area (Å²) in [7, 11) is 1.50. The number of hydrogen-bond acceptors (Lipinski definition) is 5. The van der Waals surface area contributed by atoms with Gasteiger partial charge in [-0.15, -0.1) is 11.3 Å². The van der Waals surface area contributed by atoms with Gasteiger partial charge in [-0.05, 0) is 46.1 Å². The minimum atomic E-state index is -0.408. The van der Waals surface area contributed by atoms with Gasteiger partial charge in [0.2, 0.25) is 0 Å². The lowest BCUT2D eigenvalue weighted by molar-refractivity contribution is -0.385. The molecule has 0 spiro atoms. The van der Waals surface area contributed by atoms with Crippen molar-refractivity contribution in [2.75, 3.05) is 13.7 Å². The van der Waals surface area contributed by atoms with Gasteiger partial charge in [0.25, 0.3) is 5.69 Å². The van der Waals surface area contributed by atoms with Gasteiger partial charge in [-0.25, -0.2) is 0 Å². The molecule has 1 heterocycles. The highest BCUT2D eigenvalue weighted by atomic mass is 79.9. The number of nitro groups is 1. The number of hydrogen-bond donors (Lipinski definition) is 1. The fourth-order valence-corrected chi connectivity index (χ4v) is 3.38. The Hall–Kier alpha value is -1.44. The summed E-state index contributed by atoms with van der Waals surface area (Å²) in [4.78, 5) is 11.8. The van der Waals surface area contributed by atoms with Crippen molar-refractivity contribution in [3.63, 3.8) is 0 Å². The van der Waals surface area contributed by atoms with Crippen LogP contribution in [0.1, 0.15) is 10.4 Å². The number of thiophene rings is 1. The van der Waals surface area contributed by atoms with Crippen molar-refractivity contribution in [2.45, 2.75) is 13.0 Å². The Morgan fingerprint density at radius 3 is 2.81 bits per heavy atom. The Kier molecular flexibility index (Phi) is 5.72. The summed E-state index contributed by atoms with van der Waals surface area (Å²) in [6.45, 7) is 1.39. The van der Waals surface area contributed by atoms with Crippen molar-refractivity contribution >= 4 is 33.0 Å². The molecule has 21 heavy (non-hydrogen) atoms. The van der Waals surface area contributed by atoms with Crippen LogP contribution in [0.5, 0.6) is 5.75 Å². The number of benzene rings is 1. The molecule has 5 nitrogen and oxygen atoms in total. The predicted octanol–water partition coefficient (Wildman–Crippen LogP) is 3.76. The first-order chi connectivity index (χ1) is 10.1. The zero-order chi connectivity index (χ0) is 15.2. The van der Waals surface area contributed by atoms with Crippen LogP contribution in [0.2, 0.25) is 0 Å². The topological polar surface area (TPSA) is 64.4 Å². The lowest BCUT2D eigenvalue weighted by Crippen LogP contribution is -2.16. The molecule has 1 aromatic carbocycles. The molecule has 112 valence electrons. The highest BCUT2D eigenvalue weighted by Crippen LogP contribution is 2.23. The second-order valence-corrected chi connectivity index (χ2v) is 6.98. The summed E-state index contributed by atoms with van der Waals surface area (Å²) in [5.74, 6) is 0.503. The van der Waals surface area contributed by atoms with Crippen molar-refractivity contribution in [3.8, 4) is 5.75 Å². The third kappa shape index (κ3) is 4.80. The van der Waals surface area contributed by atoms with Crippen LogP contribution in [-0.2, 0) is 13.0 Å². The Balaban J connectivity index is 1.90. The van der Waals surface area contributed by atoms with Crippen molar-refractivity contribution in [1.82, 2.24) is 5.32 Å². The van der Waals surface area contributed by atoms with E-state index >= 15 is 0 Å². The molecule has 2 aromatic rings. The second-order valence-electron chi connectivity index (χ2n) is 4.43. The van der Waals surface area contributed by atoms with Gasteiger partial charge in [0.05, 0.1) is 21.9 Å². The van der Waals surface area contributed by atoms with Gasteiger partial charge in [-0.1, -0.05) is 0 Å². The average Bonchev–Trinajstić information content (AvgIpc) is 2.88. The highest BCUT2D eigenvalue weighted by molar-refractivity contribution is 9.11. The normalized spacial score (nSPS) is 10.6. The van der Waals surface area contributed by atoms with Crippen LogP contribution < -0.4 is 10.1 Å². The standard InChI is InChI=1S/C14H15BrN2O3S/c1-20-12-7-10(6-11(8-12)17(18)19)9-16-5-4-13-2-3-14(15)21-13/h2-3,6-8,16H,4-5,9H2,1H3. The Bertz CT molecular complexity index is 630. The van der Waals surface area contributed by atoms with E-state index in [1.807, 2.05) is 12.1 Å². The Morgan fingerprint density at radius 2 is 2.19 bits per heavy atom. The largest absolute Gasteiger partial charge is 0.496 e. The van der Waals surface area contributed by atoms with E-state index in [4.69, 9.17) is 4.74 Å². The number of methoxy groups -OCH3 is 1. The molecule has 0 bridgehead atoms. The smallest absolute Gasteiger partial charge is 0.273 e. The maximum absolute atomic E-state index is 10.9. The summed E-state index contributed by atoms with van der Waals surface area (Å²) in [6, 6.07) is 8.92. The van der Waals surface area contributed by atoms with Crippen LogP contribution in [0.15, 0.2) is 34.1 Å². The van der Waals surface area contributed by atoms with Gasteiger partial charge in [-0.2, -0.15) is 0 Å². The number of rotatable bonds is 7. The summed E-state index contributed by atoms with van der Waals surface area (Å²) < 4.78 is 6.21. The van der Waals surface area contributed by atoms with Gasteiger partial charge >= 0.3 is 0 Å². The zero-order valence-electron chi connectivity index (χ0n) is 11.5. The highest BCUT2D eigenvalue weighted by Gasteiger charge is 2.10. The van der Waals surface area contributed by atoms with Crippen LogP contribution in [0.25, 0.3) is 0 Å². The van der Waals surface area contributed by atoms with Gasteiger partial charge in [0.15, 0.2) is 0 Å². The molecular formula is C14H15BrN2O3S. The molecule has 1 aromatic heterocycles. The molecule has 2 rings (SSSR count). The number of nitrogens with zero attached hydrogens (tertiary/aromatic N) is 1. The fourth-order valence-electron chi connectivity index (χ4n) is 1.90. The van der Waals surface area contributed by atoms with Crippen LogP contribution in [0.3, 0.4) is 0 Å². The van der Waals surface area contributed by atoms with Crippen molar-refractivity contribution in [3.05, 3.63) is 54.7 Å². The Labute approximate surface area is 135 Å². The van der Waals surface area contributed by atoms with Crippen molar-refractivity contribution < 1.29 is 9.66 Å². The third-order valence-corrected chi connectivity index (χ3v) is 4.59. The van der Waals surface area contributed by atoms with E-state index in [2.05, 4.69) is 27.3 Å². The molecule has 0 aliphatic heterocycles. The maximum Gasteiger partial charge on any atom is 0.273 e. The monoisotopic (exact) mass is 370 g/mol. The first kappa shape index (κ1) is 15.9. The van der Waals surface area contributed by atoms with Gasteiger partial charge in [0, 0.05) is 24.0 Å². The number of nitrogens with one attached hydrogen (secondary N) is 1. The van der Waals surface area contributed by atoms with Crippen molar-refractivity contribution in [1.29, 1.82) is 0 Å². The van der Waals surface area contributed by atoms with Crippen molar-refractivity contribution in [2.24, 2.45) is 0 Å². The summed E-state index contributed by atoms with van der Waals surface area (Å²) >= 11 is 5.15. The summed E-state index contributed by atoms with van der Waals surface area (Å²) in [5.41, 5.74) is 0.891. The van der Waals surface area contributed by atoms with Gasteiger partial charge in [-0.3, -0.25) is 10.1 Å². The Morgan fingerprint density at radius 1 is 1.38 bits per heavy atom. The lowest BCUT2D eigenvalue weighted by Gasteiger charge is -2.06. The first-order valence-electron chi connectivity index (χ1n) is 6.36. The van der Waals surface area contributed by atoms with E-state index < -0.39 is 4.92 Å². The molecule has 0 unspecified atom stereocenters. The predicted molar refractivity (Wildman–Crippen MR) is 87.1 cm³/mol. The van der Waals surface area contributed by atoms with E-state index in [1.165, 1.54) is 18.1 Å². The third-order valence-electron chi connectivity index (χ3n) is 2.90. The molecule has 0 aliphatic carbocycles. The van der Waals surface area contributed by atoms with E-state index in [-0.39, 0.29) is 5.69 Å². The second kappa shape index (κ2) is 7.53. The zero-order valence-corrected chi connectivity index (χ0v) is 13.9. The number of non-ortho nitro benzene ring substituents is 1. The molecule has 0 fully saturated rings. The van der Waals surface area contributed by atoms with Crippen LogP contribution in [0.4, 0.5) is 5.69 Å². The van der Waals surface area contributed by atoms with E-state index in [9.17, 15) is 10.1 Å². The quantitative estimate of drug-likeness (QED) is 0.457. The van der Waals surface area contributed by atoms with E-state index in [1.54, 1.807) is 17.4 Å². The lowest BCUT2D eigenvalue weighted by atomic mass is 10.2. The van der Waals surface area contributed by atoms with Crippen LogP contribution in [-0.4, -0.2) is 18.6 Å². The molecule has 0 amide bonds. The summed E-state index contributed by atoms with van der Waals surface area (Å²) in [6.07, 6.45) is 0.933. The number of ether oxygens (including phenoxy) is 1. The molecule has 7 heteroatoms. The van der Waals surface area contributed by atoms with Crippen LogP contribution in [0, 0.1) is 10.1 Å². The maximum atomic E-state index is 10.9. The van der Waals surface area contributed by atoms with E-state index in [0.29, 0.717) is 12.3 Å². The first-order valence-corrected chi connectivity index (χ1v) is 7.96. The minimum absolute atomic E-state index is 0.0494. The number of halogens is 1. The van der Waals surface area contributed by atoms with E-state index in [0.717, 1.165) is 22.3 Å². The van der Waals surface area contributed by atoms with Gasteiger partial charge < -0.3 is 10.1 Å². The molecular weight excluding hydrogens is 356 g/mol. The SMILES string of the molecule is COc1cc(CNCCc2ccc(Br)s2)cc([N+](=O)[O-])c1. The molecule has 0 saturated carbocycles. The fraction of sp³-hybridized carbons (Fsp3) is 0.286. The summed E-state index contributed by atoms with van der Waals surface area (Å²) in [5, 5.41) is 14.2. The molecule has 1 N–H and O–H groups in total. The molecule has 0 saturated heterocycles. The van der Waals surface area contributed by atoms with Gasteiger partial charge in [0.1, 0.15) is 5.75 Å². The molecule has 0 aliphatic rings. The molecule has 0 radical (unpaired) electrons. The van der Waals surface area contributed by atoms with Crippen LogP contribution >= 0.6 is 27.3 Å².